The van der Waals surface area contributed by atoms with Crippen LogP contribution in [0.3, 0.4) is 0 Å². The topological polar surface area (TPSA) is 143 Å². The predicted octanol–water partition coefficient (Wildman–Crippen LogP) is 2.97. The first-order valence-electron chi connectivity index (χ1n) is 10.4. The lowest BCUT2D eigenvalue weighted by Crippen LogP contribution is -2.35. The first kappa shape index (κ1) is 22.4. The van der Waals surface area contributed by atoms with Crippen LogP contribution in [0.4, 0.5) is 10.5 Å². The molecule has 0 bridgehead atoms. The third kappa shape index (κ3) is 4.56. The van der Waals surface area contributed by atoms with Crippen molar-refractivity contribution in [2.24, 2.45) is 0 Å². The molecule has 3 aromatic rings. The van der Waals surface area contributed by atoms with Gasteiger partial charge in [0.1, 0.15) is 11.8 Å². The van der Waals surface area contributed by atoms with Gasteiger partial charge in [-0.25, -0.2) is 14.5 Å². The Morgan fingerprint density at radius 1 is 1.21 bits per heavy atom. The van der Waals surface area contributed by atoms with Crippen LogP contribution in [-0.4, -0.2) is 34.4 Å². The SMILES string of the molecule is CC(C)(C)n1ncc(S(=O)(=O)NC(=O)Nc2c(-c3ccnc(C#N)c3)ccc3c2CCC3)n1. The summed E-state index contributed by atoms with van der Waals surface area (Å²) in [5, 5.41) is 19.5. The fourth-order valence-corrected chi connectivity index (χ4v) is 4.49. The number of hydrogen-bond acceptors (Lipinski definition) is 7. The van der Waals surface area contributed by atoms with Crippen molar-refractivity contribution < 1.29 is 13.2 Å². The molecule has 33 heavy (non-hydrogen) atoms. The largest absolute Gasteiger partial charge is 0.333 e. The number of carbonyl (C=O) groups is 1. The first-order chi connectivity index (χ1) is 15.6. The van der Waals surface area contributed by atoms with Crippen LogP contribution in [0.25, 0.3) is 11.1 Å². The highest BCUT2D eigenvalue weighted by Crippen LogP contribution is 2.37. The average molecular weight is 466 g/mol. The normalized spacial score (nSPS) is 13.3. The zero-order chi connectivity index (χ0) is 23.8. The van der Waals surface area contributed by atoms with E-state index < -0.39 is 21.6 Å². The Labute approximate surface area is 191 Å². The molecule has 0 unspecified atom stereocenters. The quantitative estimate of drug-likeness (QED) is 0.603. The lowest BCUT2D eigenvalue weighted by atomic mass is 9.97. The number of aryl methyl sites for hydroxylation is 1. The molecule has 1 aromatic carbocycles. The molecule has 10 nitrogen and oxygen atoms in total. The molecule has 1 aliphatic carbocycles. The Morgan fingerprint density at radius 2 is 2.00 bits per heavy atom. The van der Waals surface area contributed by atoms with Crippen molar-refractivity contribution in [2.45, 2.75) is 50.6 Å². The molecule has 0 radical (unpaired) electrons. The van der Waals surface area contributed by atoms with Gasteiger partial charge in [0.25, 0.3) is 10.0 Å². The molecule has 2 amide bonds. The Hall–Kier alpha value is -3.78. The highest BCUT2D eigenvalue weighted by molar-refractivity contribution is 7.90. The standard InChI is InChI=1S/C22H23N7O3S/c1-22(2,3)29-25-13-19(27-29)33(31,32)28-21(30)26-20-17-6-4-5-14(17)7-8-18(20)15-9-10-24-16(11-15)12-23/h7-11,13H,4-6H2,1-3H3,(H2,26,28,30). The number of nitriles is 1. The van der Waals surface area contributed by atoms with Crippen LogP contribution in [0.15, 0.2) is 41.7 Å². The Bertz CT molecular complexity index is 1380. The molecule has 2 aromatic heterocycles. The first-order valence-corrected chi connectivity index (χ1v) is 11.8. The van der Waals surface area contributed by atoms with Crippen molar-refractivity contribution in [3.05, 3.63) is 53.5 Å². The number of urea groups is 1. The van der Waals surface area contributed by atoms with Crippen LogP contribution in [0.2, 0.25) is 0 Å². The highest BCUT2D eigenvalue weighted by Gasteiger charge is 2.26. The number of amides is 2. The summed E-state index contributed by atoms with van der Waals surface area (Å²) in [6, 6.07) is 8.32. The Kier molecular flexibility index (Phi) is 5.63. The van der Waals surface area contributed by atoms with Crippen LogP contribution < -0.4 is 10.0 Å². The number of benzene rings is 1. The number of sulfonamides is 1. The van der Waals surface area contributed by atoms with E-state index in [9.17, 15) is 18.5 Å². The number of nitrogens with one attached hydrogen (secondary N) is 2. The molecule has 0 fully saturated rings. The monoisotopic (exact) mass is 465 g/mol. The summed E-state index contributed by atoms with van der Waals surface area (Å²) in [6.07, 6.45) is 5.19. The van der Waals surface area contributed by atoms with E-state index in [-0.39, 0.29) is 10.7 Å². The van der Waals surface area contributed by atoms with Crippen LogP contribution in [-0.2, 0) is 28.4 Å². The number of pyridine rings is 1. The van der Waals surface area contributed by atoms with Gasteiger partial charge in [0, 0.05) is 11.8 Å². The number of hydrogen-bond donors (Lipinski definition) is 2. The number of carbonyl (C=O) groups excluding carboxylic acids is 1. The summed E-state index contributed by atoms with van der Waals surface area (Å²) in [5.74, 6) is 0. The second-order valence-electron chi connectivity index (χ2n) is 8.72. The highest BCUT2D eigenvalue weighted by atomic mass is 32.2. The van der Waals surface area contributed by atoms with Gasteiger partial charge in [-0.1, -0.05) is 12.1 Å². The van der Waals surface area contributed by atoms with E-state index in [4.69, 9.17) is 0 Å². The van der Waals surface area contributed by atoms with E-state index in [2.05, 4.69) is 20.5 Å². The zero-order valence-corrected chi connectivity index (χ0v) is 19.3. The molecule has 0 atom stereocenters. The summed E-state index contributed by atoms with van der Waals surface area (Å²) >= 11 is 0. The van der Waals surface area contributed by atoms with E-state index in [0.29, 0.717) is 16.8 Å². The molecule has 11 heteroatoms. The number of aromatic nitrogens is 4. The fraction of sp³-hybridized carbons (Fsp3) is 0.318. The van der Waals surface area contributed by atoms with E-state index in [1.807, 2.05) is 43.7 Å². The van der Waals surface area contributed by atoms with Gasteiger partial charge in [0.05, 0.1) is 17.4 Å². The summed E-state index contributed by atoms with van der Waals surface area (Å²) in [7, 11) is -4.23. The molecule has 0 spiro atoms. The van der Waals surface area contributed by atoms with Crippen molar-refractivity contribution in [1.29, 1.82) is 5.26 Å². The third-order valence-electron chi connectivity index (χ3n) is 5.28. The molecule has 2 heterocycles. The molecule has 0 aliphatic heterocycles. The van der Waals surface area contributed by atoms with Gasteiger partial charge in [0.15, 0.2) is 0 Å². The van der Waals surface area contributed by atoms with Crippen molar-refractivity contribution in [2.75, 3.05) is 5.32 Å². The molecule has 4 rings (SSSR count). The van der Waals surface area contributed by atoms with E-state index in [0.717, 1.165) is 36.6 Å². The Balaban J connectivity index is 1.65. The van der Waals surface area contributed by atoms with E-state index >= 15 is 0 Å². The van der Waals surface area contributed by atoms with E-state index in [1.165, 1.54) is 11.0 Å². The minimum Gasteiger partial charge on any atom is -0.306 e. The maximum Gasteiger partial charge on any atom is 0.333 e. The molecule has 1 aliphatic rings. The Morgan fingerprint density at radius 3 is 2.70 bits per heavy atom. The van der Waals surface area contributed by atoms with Gasteiger partial charge in [-0.15, -0.1) is 5.10 Å². The van der Waals surface area contributed by atoms with Gasteiger partial charge in [0.2, 0.25) is 5.03 Å². The number of nitrogens with zero attached hydrogens (tertiary/aromatic N) is 5. The lowest BCUT2D eigenvalue weighted by Gasteiger charge is -2.17. The van der Waals surface area contributed by atoms with Gasteiger partial charge < -0.3 is 5.32 Å². The van der Waals surface area contributed by atoms with Crippen LogP contribution in [0.5, 0.6) is 0 Å². The molecule has 170 valence electrons. The second-order valence-corrected chi connectivity index (χ2v) is 10.4. The van der Waals surface area contributed by atoms with Crippen molar-refractivity contribution in [1.82, 2.24) is 24.7 Å². The predicted molar refractivity (Wildman–Crippen MR) is 121 cm³/mol. The van der Waals surface area contributed by atoms with Gasteiger partial charge >= 0.3 is 6.03 Å². The molecular weight excluding hydrogens is 442 g/mol. The summed E-state index contributed by atoms with van der Waals surface area (Å²) < 4.78 is 27.4. The number of rotatable bonds is 4. The number of fused-ring (bicyclic) bond motifs is 1. The van der Waals surface area contributed by atoms with Crippen LogP contribution >= 0.6 is 0 Å². The van der Waals surface area contributed by atoms with Crippen LogP contribution in [0.1, 0.15) is 44.0 Å². The zero-order valence-electron chi connectivity index (χ0n) is 18.5. The summed E-state index contributed by atoms with van der Waals surface area (Å²) in [5.41, 5.74) is 3.68. The van der Waals surface area contributed by atoms with Crippen molar-refractivity contribution >= 4 is 21.7 Å². The molecule has 0 saturated heterocycles. The van der Waals surface area contributed by atoms with Crippen molar-refractivity contribution in [3.63, 3.8) is 0 Å². The van der Waals surface area contributed by atoms with Crippen molar-refractivity contribution in [3.8, 4) is 17.2 Å². The molecule has 0 saturated carbocycles. The minimum atomic E-state index is -4.23. The minimum absolute atomic E-state index is 0.243. The van der Waals surface area contributed by atoms with E-state index in [1.54, 1.807) is 12.1 Å². The second kappa shape index (κ2) is 8.29. The summed E-state index contributed by atoms with van der Waals surface area (Å²) in [4.78, 5) is 18.1. The van der Waals surface area contributed by atoms with Gasteiger partial charge in [-0.2, -0.15) is 23.6 Å². The maximum absolute atomic E-state index is 12.8. The van der Waals surface area contributed by atoms with Crippen LogP contribution in [0, 0.1) is 11.3 Å². The molecular formula is C22H23N7O3S. The lowest BCUT2D eigenvalue weighted by molar-refractivity contribution is 0.256. The van der Waals surface area contributed by atoms with Gasteiger partial charge in [-0.3, -0.25) is 0 Å². The maximum atomic E-state index is 12.8. The smallest absolute Gasteiger partial charge is 0.306 e. The molecule has 2 N–H and O–H groups in total. The summed E-state index contributed by atoms with van der Waals surface area (Å²) in [6.45, 7) is 5.49. The third-order valence-corrected chi connectivity index (χ3v) is 6.47. The average Bonchev–Trinajstić information content (AvgIpc) is 3.43. The fourth-order valence-electron chi connectivity index (χ4n) is 3.72. The number of anilines is 1. The van der Waals surface area contributed by atoms with Gasteiger partial charge in [-0.05, 0) is 68.9 Å².